The molecular formula is C18H25NO3. The number of carbonyl (C=O) groups excluding carboxylic acids is 2. The third-order valence-corrected chi connectivity index (χ3v) is 4.14. The molecule has 1 aliphatic rings. The third-order valence-electron chi connectivity index (χ3n) is 4.14. The molecule has 0 aliphatic carbocycles. The van der Waals surface area contributed by atoms with E-state index in [1.54, 1.807) is 0 Å². The number of esters is 1. The van der Waals surface area contributed by atoms with Crippen molar-refractivity contribution in [2.75, 3.05) is 19.7 Å². The normalized spacial score (nSPS) is 15.6. The van der Waals surface area contributed by atoms with Crippen LogP contribution in [0.3, 0.4) is 0 Å². The first-order chi connectivity index (χ1) is 10.7. The van der Waals surface area contributed by atoms with Gasteiger partial charge in [-0.2, -0.15) is 0 Å². The van der Waals surface area contributed by atoms with E-state index in [1.165, 1.54) is 5.56 Å². The average molecular weight is 303 g/mol. The molecule has 4 nitrogen and oxygen atoms in total. The molecule has 0 bridgehead atoms. The Morgan fingerprint density at radius 3 is 2.32 bits per heavy atom. The van der Waals surface area contributed by atoms with Gasteiger partial charge in [-0.3, -0.25) is 9.59 Å². The minimum absolute atomic E-state index is 0.0593. The highest BCUT2D eigenvalue weighted by molar-refractivity contribution is 5.94. The van der Waals surface area contributed by atoms with Crippen LogP contribution in [0.25, 0.3) is 0 Å². The largest absolute Gasteiger partial charge is 0.466 e. The molecule has 1 fully saturated rings. The van der Waals surface area contributed by atoms with E-state index in [-0.39, 0.29) is 17.8 Å². The number of carbonyl (C=O) groups is 2. The number of hydrogen-bond donors (Lipinski definition) is 0. The van der Waals surface area contributed by atoms with Gasteiger partial charge >= 0.3 is 5.97 Å². The predicted octanol–water partition coefficient (Wildman–Crippen LogP) is 3.05. The van der Waals surface area contributed by atoms with Crippen LogP contribution in [-0.4, -0.2) is 36.5 Å². The van der Waals surface area contributed by atoms with Crippen LogP contribution >= 0.6 is 0 Å². The minimum Gasteiger partial charge on any atom is -0.466 e. The zero-order valence-corrected chi connectivity index (χ0v) is 13.5. The van der Waals surface area contributed by atoms with Crippen molar-refractivity contribution in [2.45, 2.75) is 39.5 Å². The summed E-state index contributed by atoms with van der Waals surface area (Å²) in [4.78, 5) is 26.0. The van der Waals surface area contributed by atoms with Crippen molar-refractivity contribution in [1.82, 2.24) is 4.90 Å². The molecule has 0 N–H and O–H groups in total. The maximum atomic E-state index is 12.5. The SMILES string of the molecule is CCCc1ccc(C(=O)N2CCC(C(=O)OCC)CC2)cc1. The van der Waals surface area contributed by atoms with E-state index in [4.69, 9.17) is 4.74 Å². The highest BCUT2D eigenvalue weighted by atomic mass is 16.5. The van der Waals surface area contributed by atoms with Crippen molar-refractivity contribution in [2.24, 2.45) is 5.92 Å². The highest BCUT2D eigenvalue weighted by Crippen LogP contribution is 2.20. The molecule has 2 rings (SSSR count). The molecule has 0 spiro atoms. The second-order valence-electron chi connectivity index (χ2n) is 5.77. The monoisotopic (exact) mass is 303 g/mol. The molecule has 1 heterocycles. The Morgan fingerprint density at radius 2 is 1.77 bits per heavy atom. The summed E-state index contributed by atoms with van der Waals surface area (Å²) in [5.74, 6) is -0.125. The van der Waals surface area contributed by atoms with Gasteiger partial charge in [0.25, 0.3) is 5.91 Å². The summed E-state index contributed by atoms with van der Waals surface area (Å²) in [6, 6.07) is 7.87. The number of likely N-dealkylation sites (tertiary alicyclic amines) is 1. The van der Waals surface area contributed by atoms with Crippen molar-refractivity contribution < 1.29 is 14.3 Å². The van der Waals surface area contributed by atoms with E-state index in [0.29, 0.717) is 32.5 Å². The van der Waals surface area contributed by atoms with Crippen LogP contribution in [0.2, 0.25) is 0 Å². The molecule has 120 valence electrons. The Morgan fingerprint density at radius 1 is 1.14 bits per heavy atom. The van der Waals surface area contributed by atoms with Crippen molar-refractivity contribution in [3.05, 3.63) is 35.4 Å². The molecular weight excluding hydrogens is 278 g/mol. The Bertz CT molecular complexity index is 502. The summed E-state index contributed by atoms with van der Waals surface area (Å²) < 4.78 is 5.06. The molecule has 1 aromatic rings. The third kappa shape index (κ3) is 4.09. The van der Waals surface area contributed by atoms with Gasteiger partial charge < -0.3 is 9.64 Å². The molecule has 0 saturated carbocycles. The van der Waals surface area contributed by atoms with Gasteiger partial charge in [0.1, 0.15) is 0 Å². The van der Waals surface area contributed by atoms with Crippen molar-refractivity contribution in [3.8, 4) is 0 Å². The van der Waals surface area contributed by atoms with Gasteiger partial charge in [0.2, 0.25) is 0 Å². The number of amides is 1. The van der Waals surface area contributed by atoms with E-state index in [0.717, 1.165) is 18.4 Å². The molecule has 4 heteroatoms. The summed E-state index contributed by atoms with van der Waals surface area (Å²) >= 11 is 0. The summed E-state index contributed by atoms with van der Waals surface area (Å²) in [5, 5.41) is 0. The van der Waals surface area contributed by atoms with Gasteiger partial charge in [0, 0.05) is 18.7 Å². The first-order valence-electron chi connectivity index (χ1n) is 8.20. The quantitative estimate of drug-likeness (QED) is 0.785. The van der Waals surface area contributed by atoms with E-state index in [1.807, 2.05) is 36.1 Å². The Balaban J connectivity index is 1.90. The van der Waals surface area contributed by atoms with E-state index in [9.17, 15) is 9.59 Å². The van der Waals surface area contributed by atoms with Gasteiger partial charge in [0.15, 0.2) is 0 Å². The molecule has 1 amide bonds. The summed E-state index contributed by atoms with van der Waals surface area (Å²) in [7, 11) is 0. The summed E-state index contributed by atoms with van der Waals surface area (Å²) in [6.07, 6.45) is 3.53. The van der Waals surface area contributed by atoms with Crippen molar-refractivity contribution in [1.29, 1.82) is 0 Å². The van der Waals surface area contributed by atoms with E-state index in [2.05, 4.69) is 6.92 Å². The number of nitrogens with zero attached hydrogens (tertiary/aromatic N) is 1. The first-order valence-corrected chi connectivity index (χ1v) is 8.20. The fourth-order valence-electron chi connectivity index (χ4n) is 2.86. The zero-order chi connectivity index (χ0) is 15.9. The second-order valence-corrected chi connectivity index (χ2v) is 5.77. The topological polar surface area (TPSA) is 46.6 Å². The Kier molecular flexibility index (Phi) is 5.99. The number of hydrogen-bond acceptors (Lipinski definition) is 3. The van der Waals surface area contributed by atoms with Crippen molar-refractivity contribution >= 4 is 11.9 Å². The molecule has 1 aromatic carbocycles. The number of benzene rings is 1. The molecule has 0 radical (unpaired) electrons. The van der Waals surface area contributed by atoms with Crippen LogP contribution < -0.4 is 0 Å². The average Bonchev–Trinajstić information content (AvgIpc) is 2.55. The molecule has 0 unspecified atom stereocenters. The van der Waals surface area contributed by atoms with Gasteiger partial charge in [-0.25, -0.2) is 0 Å². The van der Waals surface area contributed by atoms with Gasteiger partial charge in [-0.15, -0.1) is 0 Å². The van der Waals surface area contributed by atoms with Gasteiger partial charge in [0.05, 0.1) is 12.5 Å². The number of rotatable bonds is 5. The molecule has 22 heavy (non-hydrogen) atoms. The fraction of sp³-hybridized carbons (Fsp3) is 0.556. The standard InChI is InChI=1S/C18H25NO3/c1-3-5-14-6-8-15(9-7-14)17(20)19-12-10-16(11-13-19)18(21)22-4-2/h6-9,16H,3-5,10-13H2,1-2H3. The summed E-state index contributed by atoms with van der Waals surface area (Å²) in [6.45, 7) is 5.63. The maximum absolute atomic E-state index is 12.5. The highest BCUT2D eigenvalue weighted by Gasteiger charge is 2.28. The van der Waals surface area contributed by atoms with Crippen LogP contribution in [0, 0.1) is 5.92 Å². The lowest BCUT2D eigenvalue weighted by molar-refractivity contribution is -0.149. The molecule has 0 atom stereocenters. The smallest absolute Gasteiger partial charge is 0.309 e. The maximum Gasteiger partial charge on any atom is 0.309 e. The van der Waals surface area contributed by atoms with Gasteiger partial charge in [-0.1, -0.05) is 25.5 Å². The van der Waals surface area contributed by atoms with Crippen LogP contribution in [0.15, 0.2) is 24.3 Å². The molecule has 0 aromatic heterocycles. The van der Waals surface area contributed by atoms with E-state index >= 15 is 0 Å². The summed E-state index contributed by atoms with van der Waals surface area (Å²) in [5.41, 5.74) is 1.99. The van der Waals surface area contributed by atoms with Gasteiger partial charge in [-0.05, 0) is 43.9 Å². The van der Waals surface area contributed by atoms with Crippen LogP contribution in [-0.2, 0) is 16.0 Å². The van der Waals surface area contributed by atoms with E-state index < -0.39 is 0 Å². The molecule has 1 saturated heterocycles. The molecule has 1 aliphatic heterocycles. The Labute approximate surface area is 132 Å². The fourth-order valence-corrected chi connectivity index (χ4v) is 2.86. The number of piperidine rings is 1. The zero-order valence-electron chi connectivity index (χ0n) is 13.5. The van der Waals surface area contributed by atoms with Crippen molar-refractivity contribution in [3.63, 3.8) is 0 Å². The number of ether oxygens (including phenoxy) is 1. The first kappa shape index (κ1) is 16.5. The number of aryl methyl sites for hydroxylation is 1. The van der Waals surface area contributed by atoms with Crippen LogP contribution in [0.4, 0.5) is 0 Å². The minimum atomic E-state index is -0.126. The Hall–Kier alpha value is -1.84. The lowest BCUT2D eigenvalue weighted by Crippen LogP contribution is -2.40. The predicted molar refractivity (Wildman–Crippen MR) is 85.7 cm³/mol. The van der Waals surface area contributed by atoms with Crippen LogP contribution in [0.1, 0.15) is 49.0 Å². The lowest BCUT2D eigenvalue weighted by atomic mass is 9.96. The van der Waals surface area contributed by atoms with Crippen LogP contribution in [0.5, 0.6) is 0 Å². The second kappa shape index (κ2) is 7.97. The lowest BCUT2D eigenvalue weighted by Gasteiger charge is -2.31.